The molecule has 0 radical (unpaired) electrons. The third-order valence-corrected chi connectivity index (χ3v) is 7.44. The molecule has 0 heteroatoms. The molecule has 5 rings (SSSR count). The average molecular weight is 433 g/mol. The van der Waals surface area contributed by atoms with E-state index in [-0.39, 0.29) is 10.8 Å². The van der Waals surface area contributed by atoms with Crippen LogP contribution in [0.1, 0.15) is 80.8 Å². The first-order valence-corrected chi connectivity index (χ1v) is 12.3. The van der Waals surface area contributed by atoms with Crippen LogP contribution in [0, 0.1) is 5.92 Å². The second kappa shape index (κ2) is 7.87. The minimum Gasteiger partial charge on any atom is -0.0767 e. The molecule has 0 bridgehead atoms. The fraction of sp³-hybridized carbons (Fsp3) is 0.333. The maximum absolute atomic E-state index is 2.52. The summed E-state index contributed by atoms with van der Waals surface area (Å²) < 4.78 is 0. The highest BCUT2D eigenvalue weighted by Gasteiger charge is 2.32. The molecule has 3 aromatic rings. The fourth-order valence-corrected chi connectivity index (χ4v) is 5.42. The first kappa shape index (κ1) is 22.0. The minimum absolute atomic E-state index is 0.0940. The van der Waals surface area contributed by atoms with E-state index in [2.05, 4.69) is 127 Å². The molecule has 0 spiro atoms. The zero-order chi connectivity index (χ0) is 23.4. The summed E-state index contributed by atoms with van der Waals surface area (Å²) in [5.41, 5.74) is 11.9. The van der Waals surface area contributed by atoms with Gasteiger partial charge < -0.3 is 0 Å². The van der Waals surface area contributed by atoms with Gasteiger partial charge in [0.2, 0.25) is 0 Å². The third-order valence-electron chi connectivity index (χ3n) is 7.44. The van der Waals surface area contributed by atoms with Crippen molar-refractivity contribution in [3.05, 3.63) is 118 Å². The molecule has 0 fully saturated rings. The Morgan fingerprint density at radius 2 is 1.33 bits per heavy atom. The molecule has 0 saturated carbocycles. The van der Waals surface area contributed by atoms with Crippen molar-refractivity contribution in [1.82, 2.24) is 0 Å². The lowest BCUT2D eigenvalue weighted by Crippen LogP contribution is -2.16. The summed E-state index contributed by atoms with van der Waals surface area (Å²) in [5.74, 6) is 0.717. The second-order valence-corrected chi connectivity index (χ2v) is 11.9. The van der Waals surface area contributed by atoms with E-state index in [1.54, 1.807) is 0 Å². The van der Waals surface area contributed by atoms with E-state index in [1.165, 1.54) is 44.5 Å². The van der Waals surface area contributed by atoms with E-state index in [4.69, 9.17) is 0 Å². The van der Waals surface area contributed by atoms with Crippen molar-refractivity contribution in [2.75, 3.05) is 0 Å². The van der Waals surface area contributed by atoms with Crippen molar-refractivity contribution in [3.63, 3.8) is 0 Å². The number of hydrogen-bond acceptors (Lipinski definition) is 0. The molecule has 1 atom stereocenters. The molecule has 33 heavy (non-hydrogen) atoms. The molecular formula is C33H36. The highest BCUT2D eigenvalue weighted by atomic mass is 14.4. The maximum atomic E-state index is 2.52. The van der Waals surface area contributed by atoms with Crippen LogP contribution < -0.4 is 0 Å². The highest BCUT2D eigenvalue weighted by molar-refractivity contribution is 5.80. The van der Waals surface area contributed by atoms with Gasteiger partial charge in [0.15, 0.2) is 0 Å². The Morgan fingerprint density at radius 1 is 0.697 bits per heavy atom. The summed E-state index contributed by atoms with van der Waals surface area (Å²) in [4.78, 5) is 0. The molecule has 0 saturated heterocycles. The Morgan fingerprint density at radius 3 is 1.97 bits per heavy atom. The van der Waals surface area contributed by atoms with Gasteiger partial charge in [-0.15, -0.1) is 0 Å². The van der Waals surface area contributed by atoms with Gasteiger partial charge in [0.05, 0.1) is 0 Å². The predicted molar refractivity (Wildman–Crippen MR) is 142 cm³/mol. The lowest BCUT2D eigenvalue weighted by Gasteiger charge is -2.29. The van der Waals surface area contributed by atoms with Gasteiger partial charge in [-0.05, 0) is 61.8 Å². The van der Waals surface area contributed by atoms with Crippen LogP contribution in [-0.2, 0) is 17.3 Å². The Bertz CT molecular complexity index is 1230. The largest absolute Gasteiger partial charge is 0.0767 e. The first-order valence-electron chi connectivity index (χ1n) is 12.3. The molecule has 1 unspecified atom stereocenters. The molecule has 0 amide bonds. The van der Waals surface area contributed by atoms with Gasteiger partial charge in [0, 0.05) is 11.8 Å². The molecule has 2 aliphatic carbocycles. The molecule has 0 heterocycles. The highest BCUT2D eigenvalue weighted by Crippen LogP contribution is 2.47. The van der Waals surface area contributed by atoms with Crippen molar-refractivity contribution in [2.45, 2.75) is 64.7 Å². The summed E-state index contributed by atoms with van der Waals surface area (Å²) in [6.07, 6.45) is 10.2. The van der Waals surface area contributed by atoms with Gasteiger partial charge in [0.1, 0.15) is 0 Å². The van der Waals surface area contributed by atoms with Crippen LogP contribution in [0.25, 0.3) is 11.1 Å². The van der Waals surface area contributed by atoms with Crippen LogP contribution in [0.3, 0.4) is 0 Å². The Balaban J connectivity index is 1.76. The standard InChI is InChI=1S/C33H36/c1-32(2,3)25-17-16-24-18-28-29(27(24)19-25)20-26(33(4,5)6)21-30(28)31(23-14-10-11-15-23)22-12-8-7-9-13-22/h7-17,19-21,23,31H,18H2,1-6H3. The van der Waals surface area contributed by atoms with Gasteiger partial charge >= 0.3 is 0 Å². The van der Waals surface area contributed by atoms with Crippen LogP contribution >= 0.6 is 0 Å². The van der Waals surface area contributed by atoms with Crippen molar-refractivity contribution in [2.24, 2.45) is 5.92 Å². The minimum atomic E-state index is 0.0940. The second-order valence-electron chi connectivity index (χ2n) is 11.9. The number of fused-ring (bicyclic) bond motifs is 3. The predicted octanol–water partition coefficient (Wildman–Crippen LogP) is 8.73. The molecule has 0 nitrogen and oxygen atoms in total. The normalized spacial score (nSPS) is 16.2. The van der Waals surface area contributed by atoms with E-state index in [1.807, 2.05) is 0 Å². The number of hydrogen-bond donors (Lipinski definition) is 0. The van der Waals surface area contributed by atoms with Crippen molar-refractivity contribution in [3.8, 4) is 11.1 Å². The van der Waals surface area contributed by atoms with E-state index in [9.17, 15) is 0 Å². The average Bonchev–Trinajstić information content (AvgIpc) is 3.41. The Kier molecular flexibility index (Phi) is 5.24. The lowest BCUT2D eigenvalue weighted by atomic mass is 9.75. The summed E-state index contributed by atoms with van der Waals surface area (Å²) in [7, 11) is 0. The monoisotopic (exact) mass is 432 g/mol. The summed E-state index contributed by atoms with van der Waals surface area (Å²) in [6.45, 7) is 14.0. The molecular weight excluding hydrogens is 396 g/mol. The van der Waals surface area contributed by atoms with Gasteiger partial charge in [-0.1, -0.05) is 127 Å². The maximum Gasteiger partial charge on any atom is 0.0190 e. The first-order chi connectivity index (χ1) is 15.6. The van der Waals surface area contributed by atoms with Crippen LogP contribution in [0.5, 0.6) is 0 Å². The van der Waals surface area contributed by atoms with Crippen molar-refractivity contribution >= 4 is 0 Å². The van der Waals surface area contributed by atoms with Crippen LogP contribution in [0.2, 0.25) is 0 Å². The van der Waals surface area contributed by atoms with Crippen LogP contribution in [0.15, 0.2) is 85.0 Å². The quantitative estimate of drug-likeness (QED) is 0.303. The van der Waals surface area contributed by atoms with Crippen molar-refractivity contribution in [1.29, 1.82) is 0 Å². The SMILES string of the molecule is CC(C)(C)c1ccc2c(c1)-c1cc(C(C)(C)C)cc(C(c3ccccc3)C3C=CC=C3)c1C2. The van der Waals surface area contributed by atoms with Gasteiger partial charge in [-0.3, -0.25) is 0 Å². The molecule has 168 valence electrons. The van der Waals surface area contributed by atoms with Crippen LogP contribution in [-0.4, -0.2) is 0 Å². The summed E-state index contributed by atoms with van der Waals surface area (Å²) in [6, 6.07) is 23.3. The Hall–Kier alpha value is -2.86. The molecule has 3 aromatic carbocycles. The number of allylic oxidation sites excluding steroid dienone is 4. The van der Waals surface area contributed by atoms with Crippen molar-refractivity contribution < 1.29 is 0 Å². The van der Waals surface area contributed by atoms with E-state index in [0.717, 1.165) is 6.42 Å². The zero-order valence-electron chi connectivity index (χ0n) is 20.9. The number of rotatable bonds is 3. The van der Waals surface area contributed by atoms with Gasteiger partial charge in [-0.2, -0.15) is 0 Å². The number of benzene rings is 3. The third kappa shape index (κ3) is 4.01. The van der Waals surface area contributed by atoms with E-state index in [0.29, 0.717) is 11.8 Å². The molecule has 2 aliphatic rings. The fourth-order valence-electron chi connectivity index (χ4n) is 5.42. The van der Waals surface area contributed by atoms with Crippen LogP contribution in [0.4, 0.5) is 0 Å². The van der Waals surface area contributed by atoms with Gasteiger partial charge in [-0.25, -0.2) is 0 Å². The topological polar surface area (TPSA) is 0 Å². The van der Waals surface area contributed by atoms with E-state index >= 15 is 0 Å². The van der Waals surface area contributed by atoms with Gasteiger partial charge in [0.25, 0.3) is 0 Å². The summed E-state index contributed by atoms with van der Waals surface area (Å²) in [5, 5.41) is 0. The lowest BCUT2D eigenvalue weighted by molar-refractivity contribution is 0.586. The zero-order valence-corrected chi connectivity index (χ0v) is 20.9. The molecule has 0 N–H and O–H groups in total. The molecule has 0 aliphatic heterocycles. The smallest absolute Gasteiger partial charge is 0.0190 e. The van der Waals surface area contributed by atoms with E-state index < -0.39 is 0 Å². The summed E-state index contributed by atoms with van der Waals surface area (Å²) >= 11 is 0. The Labute approximate surface area is 200 Å². The molecule has 0 aromatic heterocycles.